The first-order chi connectivity index (χ1) is 16.9. The molecule has 1 atom stereocenters. The lowest BCUT2D eigenvalue weighted by molar-refractivity contribution is -0.113. The normalized spacial score (nSPS) is 17.9. The molecular weight excluding hydrogens is 460 g/mol. The summed E-state index contributed by atoms with van der Waals surface area (Å²) in [5.41, 5.74) is 3.25. The highest BCUT2D eigenvalue weighted by Crippen LogP contribution is 2.41. The molecule has 2 aliphatic rings. The summed E-state index contributed by atoms with van der Waals surface area (Å²) in [4.78, 5) is 24.5. The van der Waals surface area contributed by atoms with E-state index in [0.717, 1.165) is 24.2 Å². The maximum absolute atomic E-state index is 13.6. The first-order valence-corrected chi connectivity index (χ1v) is 12.7. The summed E-state index contributed by atoms with van der Waals surface area (Å²) in [6.45, 7) is 6.30. The van der Waals surface area contributed by atoms with Crippen molar-refractivity contribution in [2.75, 3.05) is 12.0 Å². The molecule has 0 spiro atoms. The van der Waals surface area contributed by atoms with Gasteiger partial charge in [-0.1, -0.05) is 61.1 Å². The van der Waals surface area contributed by atoms with Crippen LogP contribution in [0.3, 0.4) is 0 Å². The van der Waals surface area contributed by atoms with E-state index in [2.05, 4.69) is 36.1 Å². The number of ether oxygens (including phenoxy) is 1. The summed E-state index contributed by atoms with van der Waals surface area (Å²) in [6.07, 6.45) is 4.05. The van der Waals surface area contributed by atoms with Crippen LogP contribution in [0.15, 0.2) is 63.7 Å². The monoisotopic (exact) mass is 488 g/mol. The van der Waals surface area contributed by atoms with Crippen molar-refractivity contribution in [2.24, 2.45) is 4.99 Å². The molecule has 0 saturated heterocycles. The first-order valence-electron chi connectivity index (χ1n) is 11.8. The number of carbonyl (C=O) groups is 1. The fraction of sp³-hybridized carbons (Fsp3) is 0.333. The van der Waals surface area contributed by atoms with Gasteiger partial charge in [-0.05, 0) is 55.0 Å². The molecule has 5 rings (SSSR count). The highest BCUT2D eigenvalue weighted by molar-refractivity contribution is 8.14. The van der Waals surface area contributed by atoms with Gasteiger partial charge in [-0.2, -0.15) is 4.98 Å². The number of hydrogen-bond donors (Lipinski definition) is 0. The Kier molecular flexibility index (Phi) is 6.47. The van der Waals surface area contributed by atoms with E-state index >= 15 is 0 Å². The smallest absolute Gasteiger partial charge is 0.283 e. The van der Waals surface area contributed by atoms with E-state index in [-0.39, 0.29) is 11.2 Å². The Morgan fingerprint density at radius 1 is 1.14 bits per heavy atom. The largest absolute Gasteiger partial charge is 0.497 e. The number of methoxy groups -OCH3 is 1. The predicted octanol–water partition coefficient (Wildman–Crippen LogP) is 6.32. The zero-order valence-corrected chi connectivity index (χ0v) is 21.1. The van der Waals surface area contributed by atoms with Gasteiger partial charge >= 0.3 is 0 Å². The summed E-state index contributed by atoms with van der Waals surface area (Å²) in [5, 5.41) is 4.53. The highest BCUT2D eigenvalue weighted by atomic mass is 32.2. The van der Waals surface area contributed by atoms with E-state index in [1.807, 2.05) is 49.4 Å². The van der Waals surface area contributed by atoms with E-state index in [0.29, 0.717) is 40.0 Å². The van der Waals surface area contributed by atoms with Crippen LogP contribution in [0.1, 0.15) is 73.5 Å². The zero-order valence-electron chi connectivity index (χ0n) is 20.3. The number of aliphatic imine (C=N–C) groups is 1. The van der Waals surface area contributed by atoms with E-state index < -0.39 is 0 Å². The van der Waals surface area contributed by atoms with Crippen LogP contribution >= 0.6 is 11.8 Å². The van der Waals surface area contributed by atoms with Crippen LogP contribution in [0, 0.1) is 0 Å². The molecule has 0 N–H and O–H groups in total. The first kappa shape index (κ1) is 23.4. The SMILES string of the molecule is COc1cccc(N2C(=O)/C(=C/c3ccc(C(C)C)cc3)N=C2SC(C)c2nc(C3CC3)no2)c1. The Hall–Kier alpha value is -3.39. The van der Waals surface area contributed by atoms with Crippen molar-refractivity contribution in [3.05, 3.63) is 77.1 Å². The van der Waals surface area contributed by atoms with Gasteiger partial charge < -0.3 is 9.26 Å². The van der Waals surface area contributed by atoms with E-state index in [4.69, 9.17) is 14.3 Å². The third-order valence-corrected chi connectivity index (χ3v) is 7.12. The van der Waals surface area contributed by atoms with Crippen LogP contribution in [0.2, 0.25) is 0 Å². The molecule has 7 nitrogen and oxygen atoms in total. The molecule has 1 amide bonds. The van der Waals surface area contributed by atoms with Gasteiger partial charge in [0.05, 0.1) is 18.0 Å². The molecule has 8 heteroatoms. The van der Waals surface area contributed by atoms with Crippen molar-refractivity contribution in [1.82, 2.24) is 10.1 Å². The minimum Gasteiger partial charge on any atom is -0.497 e. The average molecular weight is 489 g/mol. The topological polar surface area (TPSA) is 80.8 Å². The zero-order chi connectivity index (χ0) is 24.5. The lowest BCUT2D eigenvalue weighted by Gasteiger charge is -2.19. The van der Waals surface area contributed by atoms with Crippen molar-refractivity contribution in [1.29, 1.82) is 0 Å². The molecule has 1 aliphatic carbocycles. The number of aromatic nitrogens is 2. The Bertz CT molecular complexity index is 1290. The molecule has 0 bridgehead atoms. The number of anilines is 1. The number of carbonyl (C=O) groups excluding carboxylic acids is 1. The maximum Gasteiger partial charge on any atom is 0.283 e. The molecule has 1 fully saturated rings. The second kappa shape index (κ2) is 9.70. The van der Waals surface area contributed by atoms with E-state index in [1.54, 1.807) is 12.0 Å². The van der Waals surface area contributed by atoms with Crippen LogP contribution in [0.5, 0.6) is 5.75 Å². The molecule has 1 aromatic heterocycles. The van der Waals surface area contributed by atoms with Gasteiger partial charge in [0.2, 0.25) is 5.89 Å². The van der Waals surface area contributed by atoms with Gasteiger partial charge in [-0.3, -0.25) is 9.69 Å². The summed E-state index contributed by atoms with van der Waals surface area (Å²) in [6, 6.07) is 15.6. The fourth-order valence-corrected chi connectivity index (χ4v) is 4.77. The third kappa shape index (κ3) is 5.03. The predicted molar refractivity (Wildman–Crippen MR) is 139 cm³/mol. The molecule has 0 radical (unpaired) electrons. The molecule has 35 heavy (non-hydrogen) atoms. The lowest BCUT2D eigenvalue weighted by Crippen LogP contribution is -2.30. The minimum atomic E-state index is -0.190. The van der Waals surface area contributed by atoms with E-state index in [9.17, 15) is 4.79 Å². The minimum absolute atomic E-state index is 0.167. The molecule has 180 valence electrons. The molecule has 2 aromatic carbocycles. The number of nitrogens with zero attached hydrogens (tertiary/aromatic N) is 4. The fourth-order valence-electron chi connectivity index (χ4n) is 3.82. The average Bonchev–Trinajstić information content (AvgIpc) is 3.51. The quantitative estimate of drug-likeness (QED) is 0.362. The Labute approximate surface area is 209 Å². The number of amidine groups is 1. The van der Waals surface area contributed by atoms with Crippen molar-refractivity contribution in [2.45, 2.75) is 50.7 Å². The van der Waals surface area contributed by atoms with Crippen molar-refractivity contribution in [3.8, 4) is 5.75 Å². The summed E-state index contributed by atoms with van der Waals surface area (Å²) in [7, 11) is 1.61. The molecular formula is C27H28N4O3S. The van der Waals surface area contributed by atoms with Gasteiger partial charge in [0, 0.05) is 12.0 Å². The number of amides is 1. The van der Waals surface area contributed by atoms with Crippen molar-refractivity contribution < 1.29 is 14.1 Å². The van der Waals surface area contributed by atoms with Crippen LogP contribution in [-0.2, 0) is 4.79 Å². The number of thioether (sulfide) groups is 1. The molecule has 1 unspecified atom stereocenters. The van der Waals surface area contributed by atoms with Gasteiger partial charge in [0.25, 0.3) is 5.91 Å². The van der Waals surface area contributed by atoms with Gasteiger partial charge in [-0.15, -0.1) is 0 Å². The Morgan fingerprint density at radius 2 is 1.91 bits per heavy atom. The van der Waals surface area contributed by atoms with Gasteiger partial charge in [-0.25, -0.2) is 4.99 Å². The molecule has 1 aliphatic heterocycles. The molecule has 3 aromatic rings. The number of rotatable bonds is 7. The highest BCUT2D eigenvalue weighted by Gasteiger charge is 2.35. The number of benzene rings is 2. The van der Waals surface area contributed by atoms with Crippen LogP contribution in [0.4, 0.5) is 5.69 Å². The second-order valence-corrected chi connectivity index (χ2v) is 10.4. The molecule has 2 heterocycles. The van der Waals surface area contributed by atoms with Gasteiger partial charge in [0.1, 0.15) is 11.4 Å². The van der Waals surface area contributed by atoms with Crippen molar-refractivity contribution >= 4 is 34.6 Å². The molecule has 1 saturated carbocycles. The lowest BCUT2D eigenvalue weighted by atomic mass is 10.0. The summed E-state index contributed by atoms with van der Waals surface area (Å²) < 4.78 is 10.9. The third-order valence-electron chi connectivity index (χ3n) is 6.08. The Morgan fingerprint density at radius 3 is 2.60 bits per heavy atom. The maximum atomic E-state index is 13.6. The second-order valence-electron chi connectivity index (χ2n) is 9.11. The summed E-state index contributed by atoms with van der Waals surface area (Å²) in [5.74, 6) is 2.65. The summed E-state index contributed by atoms with van der Waals surface area (Å²) >= 11 is 1.42. The number of hydrogen-bond acceptors (Lipinski definition) is 7. The van der Waals surface area contributed by atoms with Crippen LogP contribution in [0.25, 0.3) is 6.08 Å². The van der Waals surface area contributed by atoms with Gasteiger partial charge in [0.15, 0.2) is 11.0 Å². The van der Waals surface area contributed by atoms with E-state index in [1.165, 1.54) is 17.3 Å². The standard InChI is InChI=1S/C27H28N4O3S/c1-16(2)19-10-8-18(9-11-19)14-23-26(32)31(21-6-5-7-22(15-21)33-4)27(28-23)35-17(3)25-29-24(30-34-25)20-12-13-20/h5-11,14-17,20H,12-13H2,1-4H3/b23-14-. The van der Waals surface area contributed by atoms with Crippen molar-refractivity contribution in [3.63, 3.8) is 0 Å². The van der Waals surface area contributed by atoms with Crippen LogP contribution < -0.4 is 9.64 Å². The Balaban J connectivity index is 1.46. The van der Waals surface area contributed by atoms with Crippen LogP contribution in [-0.4, -0.2) is 28.3 Å².